The second kappa shape index (κ2) is 8.96. The summed E-state index contributed by atoms with van der Waals surface area (Å²) in [5.41, 5.74) is 4.67. The minimum absolute atomic E-state index is 0. The van der Waals surface area contributed by atoms with Crippen LogP contribution in [0.15, 0.2) is 64.1 Å². The maximum absolute atomic E-state index is 12.7. The van der Waals surface area contributed by atoms with E-state index < -0.39 is 0 Å². The van der Waals surface area contributed by atoms with Crippen LogP contribution in [-0.2, 0) is 19.4 Å². The summed E-state index contributed by atoms with van der Waals surface area (Å²) in [5, 5.41) is 4.53. The van der Waals surface area contributed by atoms with Crippen LogP contribution < -0.4 is 15.6 Å². The number of ether oxygens (including phenoxy) is 1. The number of aromatic nitrogens is 2. The lowest BCUT2D eigenvalue weighted by molar-refractivity contribution is 0.304. The van der Waals surface area contributed by atoms with E-state index in [9.17, 15) is 4.79 Å². The van der Waals surface area contributed by atoms with Crippen molar-refractivity contribution >= 4 is 23.4 Å². The maximum atomic E-state index is 12.7. The van der Waals surface area contributed by atoms with Gasteiger partial charge in [-0.25, -0.2) is 0 Å². The van der Waals surface area contributed by atoms with Gasteiger partial charge in [0.1, 0.15) is 23.7 Å². The Bertz CT molecular complexity index is 1260. The van der Waals surface area contributed by atoms with Crippen molar-refractivity contribution in [3.63, 3.8) is 0 Å². The molecule has 1 N–H and O–H groups in total. The molecular formula is C24H24ClN3O3. The first-order chi connectivity index (χ1) is 14.7. The van der Waals surface area contributed by atoms with Gasteiger partial charge < -0.3 is 14.5 Å². The van der Waals surface area contributed by atoms with Crippen LogP contribution in [-0.4, -0.2) is 22.6 Å². The van der Waals surface area contributed by atoms with Gasteiger partial charge in [0.25, 0.3) is 5.56 Å². The minimum atomic E-state index is -0.147. The molecule has 0 radical (unpaired) electrons. The van der Waals surface area contributed by atoms with E-state index in [-0.39, 0.29) is 18.0 Å². The molecule has 3 aromatic heterocycles. The molecule has 160 valence electrons. The minimum Gasteiger partial charge on any atom is -0.489 e. The Labute approximate surface area is 186 Å². The predicted octanol–water partition coefficient (Wildman–Crippen LogP) is 3.98. The highest BCUT2D eigenvalue weighted by atomic mass is 35.5. The van der Waals surface area contributed by atoms with Gasteiger partial charge >= 0.3 is 0 Å². The van der Waals surface area contributed by atoms with Crippen LogP contribution in [0.4, 0.5) is 0 Å². The Balaban J connectivity index is 0.00000231. The maximum Gasteiger partial charge on any atom is 0.258 e. The molecule has 1 aliphatic rings. The van der Waals surface area contributed by atoms with Gasteiger partial charge in [0, 0.05) is 59.7 Å². The molecule has 5 rings (SSSR count). The third-order valence-electron chi connectivity index (χ3n) is 5.49. The molecule has 4 heterocycles. The van der Waals surface area contributed by atoms with Gasteiger partial charge in [0.15, 0.2) is 0 Å². The van der Waals surface area contributed by atoms with Crippen LogP contribution in [0, 0.1) is 6.92 Å². The van der Waals surface area contributed by atoms with E-state index in [0.29, 0.717) is 12.4 Å². The van der Waals surface area contributed by atoms with Gasteiger partial charge in [-0.15, -0.1) is 12.4 Å². The zero-order valence-corrected chi connectivity index (χ0v) is 18.1. The summed E-state index contributed by atoms with van der Waals surface area (Å²) in [6.45, 7) is 4.20. The average Bonchev–Trinajstić information content (AvgIpc) is 2.93. The van der Waals surface area contributed by atoms with Gasteiger partial charge in [0.05, 0.1) is 5.69 Å². The smallest absolute Gasteiger partial charge is 0.258 e. The number of hydrogen-bond acceptors (Lipinski definition) is 5. The molecule has 7 heteroatoms. The normalized spacial score (nSPS) is 13.3. The molecule has 0 amide bonds. The third kappa shape index (κ3) is 4.36. The molecular weight excluding hydrogens is 414 g/mol. The van der Waals surface area contributed by atoms with Crippen LogP contribution in [0.3, 0.4) is 0 Å². The first kappa shape index (κ1) is 21.2. The number of furan rings is 1. The highest BCUT2D eigenvalue weighted by molar-refractivity contribution is 5.85. The molecule has 0 bridgehead atoms. The number of hydrogen-bond donors (Lipinski definition) is 1. The Hall–Kier alpha value is -3.09. The first-order valence-electron chi connectivity index (χ1n) is 10.2. The molecule has 0 fully saturated rings. The monoisotopic (exact) mass is 437 g/mol. The van der Waals surface area contributed by atoms with E-state index in [0.717, 1.165) is 59.6 Å². The quantitative estimate of drug-likeness (QED) is 0.523. The Morgan fingerprint density at radius 1 is 1.13 bits per heavy atom. The Morgan fingerprint density at radius 3 is 2.81 bits per heavy atom. The van der Waals surface area contributed by atoms with Gasteiger partial charge in [-0.1, -0.05) is 6.07 Å². The standard InChI is InChI=1S/C24H23N3O3.ClH/c1-16-2-3-17(14-26-16)15-29-19-8-11-27(24(28)13-19)18-4-5-20-21-6-9-25-10-7-22(21)30-23(20)12-18;/h2-5,8,11-14,25H,6-7,9-10,15H2,1H3;1H. The van der Waals surface area contributed by atoms with Crippen LogP contribution in [0.2, 0.25) is 0 Å². The zero-order valence-electron chi connectivity index (χ0n) is 17.3. The van der Waals surface area contributed by atoms with Crippen molar-refractivity contribution in [2.45, 2.75) is 26.4 Å². The second-order valence-corrected chi connectivity index (χ2v) is 7.60. The van der Waals surface area contributed by atoms with Crippen molar-refractivity contribution in [2.24, 2.45) is 0 Å². The number of pyridine rings is 2. The summed E-state index contributed by atoms with van der Waals surface area (Å²) < 4.78 is 13.5. The van der Waals surface area contributed by atoms with E-state index in [1.54, 1.807) is 23.0 Å². The van der Waals surface area contributed by atoms with E-state index >= 15 is 0 Å². The highest BCUT2D eigenvalue weighted by Crippen LogP contribution is 2.29. The number of nitrogens with zero attached hydrogens (tertiary/aromatic N) is 2. The summed E-state index contributed by atoms with van der Waals surface area (Å²) in [7, 11) is 0. The highest BCUT2D eigenvalue weighted by Gasteiger charge is 2.17. The van der Waals surface area contributed by atoms with Crippen molar-refractivity contribution in [3.05, 3.63) is 87.8 Å². The van der Waals surface area contributed by atoms with Crippen molar-refractivity contribution < 1.29 is 9.15 Å². The fraction of sp³-hybridized carbons (Fsp3) is 0.250. The largest absolute Gasteiger partial charge is 0.489 e. The second-order valence-electron chi connectivity index (χ2n) is 7.60. The lowest BCUT2D eigenvalue weighted by atomic mass is 10.1. The summed E-state index contributed by atoms with van der Waals surface area (Å²) in [5.74, 6) is 1.59. The van der Waals surface area contributed by atoms with Crippen molar-refractivity contribution in [3.8, 4) is 11.4 Å². The molecule has 1 aromatic carbocycles. The molecule has 0 saturated heterocycles. The molecule has 31 heavy (non-hydrogen) atoms. The van der Waals surface area contributed by atoms with Crippen LogP contribution in [0.5, 0.6) is 5.75 Å². The number of fused-ring (bicyclic) bond motifs is 3. The number of aryl methyl sites for hydroxylation is 1. The number of halogens is 1. The zero-order chi connectivity index (χ0) is 20.5. The lowest BCUT2D eigenvalue weighted by Gasteiger charge is -2.09. The number of nitrogens with one attached hydrogen (secondary N) is 1. The average molecular weight is 438 g/mol. The van der Waals surface area contributed by atoms with E-state index in [4.69, 9.17) is 9.15 Å². The molecule has 0 unspecified atom stereocenters. The lowest BCUT2D eigenvalue weighted by Crippen LogP contribution is -2.17. The molecule has 0 aliphatic carbocycles. The molecule has 0 atom stereocenters. The summed E-state index contributed by atoms with van der Waals surface area (Å²) >= 11 is 0. The SMILES string of the molecule is Cc1ccc(COc2ccn(-c3ccc4c5c(oc4c3)CCNCC5)c(=O)c2)cn1.Cl. The summed E-state index contributed by atoms with van der Waals surface area (Å²) in [6.07, 6.45) is 5.38. The molecule has 4 aromatic rings. The van der Waals surface area contributed by atoms with E-state index in [2.05, 4.69) is 16.4 Å². The molecule has 1 aliphatic heterocycles. The number of benzene rings is 1. The van der Waals surface area contributed by atoms with Crippen molar-refractivity contribution in [1.29, 1.82) is 0 Å². The molecule has 0 spiro atoms. The summed E-state index contributed by atoms with van der Waals surface area (Å²) in [6, 6.07) is 13.2. The van der Waals surface area contributed by atoms with Gasteiger partial charge in [0.2, 0.25) is 0 Å². The predicted molar refractivity (Wildman–Crippen MR) is 123 cm³/mol. The van der Waals surface area contributed by atoms with Crippen LogP contribution in [0.25, 0.3) is 16.7 Å². The van der Waals surface area contributed by atoms with Crippen LogP contribution in [0.1, 0.15) is 22.6 Å². The van der Waals surface area contributed by atoms with Gasteiger partial charge in [-0.3, -0.25) is 14.3 Å². The Morgan fingerprint density at radius 2 is 2.00 bits per heavy atom. The first-order valence-corrected chi connectivity index (χ1v) is 10.2. The number of rotatable bonds is 4. The third-order valence-corrected chi connectivity index (χ3v) is 5.49. The van der Waals surface area contributed by atoms with Crippen molar-refractivity contribution in [2.75, 3.05) is 13.1 Å². The van der Waals surface area contributed by atoms with Gasteiger partial charge in [-0.2, -0.15) is 0 Å². The van der Waals surface area contributed by atoms with Crippen LogP contribution >= 0.6 is 12.4 Å². The molecule has 0 saturated carbocycles. The fourth-order valence-electron chi connectivity index (χ4n) is 3.87. The molecule has 6 nitrogen and oxygen atoms in total. The Kier molecular flexibility index (Phi) is 6.11. The van der Waals surface area contributed by atoms with E-state index in [1.807, 2.05) is 31.2 Å². The van der Waals surface area contributed by atoms with Crippen molar-refractivity contribution in [1.82, 2.24) is 14.9 Å². The topological polar surface area (TPSA) is 69.3 Å². The van der Waals surface area contributed by atoms with Gasteiger partial charge in [-0.05, 0) is 44.2 Å². The van der Waals surface area contributed by atoms with E-state index in [1.165, 1.54) is 11.6 Å². The summed E-state index contributed by atoms with van der Waals surface area (Å²) in [4.78, 5) is 17.0. The fourth-order valence-corrected chi connectivity index (χ4v) is 3.87.